The third-order valence-corrected chi connectivity index (χ3v) is 5.33. The largest absolute Gasteiger partial charge is 0.469 e. The normalized spacial score (nSPS) is 12.9. The molecule has 3 aromatic rings. The number of methoxy groups -OCH3 is 1. The van der Waals surface area contributed by atoms with Crippen molar-refractivity contribution in [3.8, 4) is 11.3 Å². The predicted octanol–water partition coefficient (Wildman–Crippen LogP) is 5.37. The molecule has 1 atom stereocenters. The lowest BCUT2D eigenvalue weighted by Gasteiger charge is -2.21. The molecule has 0 aliphatic carbocycles. The van der Waals surface area contributed by atoms with Crippen molar-refractivity contribution in [2.24, 2.45) is 0 Å². The van der Waals surface area contributed by atoms with Crippen LogP contribution in [0.3, 0.4) is 0 Å². The highest BCUT2D eigenvalue weighted by atomic mass is 16.5. The second kappa shape index (κ2) is 7.97. The molecule has 0 fully saturated rings. The summed E-state index contributed by atoms with van der Waals surface area (Å²) >= 11 is 0. The monoisotopic (exact) mass is 393 g/mol. The first-order chi connectivity index (χ1) is 13.7. The molecular formula is C24H31N3O2. The molecule has 0 radical (unpaired) electrons. The zero-order chi connectivity index (χ0) is 21.3. The summed E-state index contributed by atoms with van der Waals surface area (Å²) in [6, 6.07) is 10.4. The van der Waals surface area contributed by atoms with Crippen molar-refractivity contribution in [2.75, 3.05) is 7.11 Å². The number of carbonyl (C=O) groups is 1. The zero-order valence-electron chi connectivity index (χ0n) is 18.5. The van der Waals surface area contributed by atoms with E-state index in [1.807, 2.05) is 17.5 Å². The third kappa shape index (κ3) is 4.04. The number of aryl methyl sites for hydroxylation is 2. The van der Waals surface area contributed by atoms with Crippen LogP contribution in [0, 0.1) is 13.8 Å². The minimum Gasteiger partial charge on any atom is -0.469 e. The van der Waals surface area contributed by atoms with Crippen LogP contribution >= 0.6 is 0 Å². The predicted molar refractivity (Wildman–Crippen MR) is 116 cm³/mol. The number of ether oxygens (including phenoxy) is 1. The summed E-state index contributed by atoms with van der Waals surface area (Å²) in [4.78, 5) is 17.5. The SMILES string of the molecule is CCCC(C(=O)OC)c1c(C)nc2cc(C(C)(C)C)nn2c1-c1ccc(C)cc1. The third-order valence-electron chi connectivity index (χ3n) is 5.33. The van der Waals surface area contributed by atoms with Gasteiger partial charge in [0.25, 0.3) is 0 Å². The summed E-state index contributed by atoms with van der Waals surface area (Å²) in [7, 11) is 1.45. The van der Waals surface area contributed by atoms with Gasteiger partial charge < -0.3 is 4.74 Å². The Labute approximate surface area is 173 Å². The van der Waals surface area contributed by atoms with Crippen molar-refractivity contribution >= 4 is 11.6 Å². The van der Waals surface area contributed by atoms with Crippen LogP contribution in [-0.4, -0.2) is 27.7 Å². The summed E-state index contributed by atoms with van der Waals surface area (Å²) in [5.41, 5.74) is 6.55. The van der Waals surface area contributed by atoms with E-state index in [-0.39, 0.29) is 17.3 Å². The van der Waals surface area contributed by atoms with Gasteiger partial charge in [-0.25, -0.2) is 9.50 Å². The lowest BCUT2D eigenvalue weighted by molar-refractivity contribution is -0.142. The van der Waals surface area contributed by atoms with Crippen LogP contribution in [0.4, 0.5) is 0 Å². The standard InChI is InChI=1S/C24H31N3O2/c1-8-9-18(23(28)29-7)21-16(3)25-20-14-19(24(4,5)6)26-27(20)22(21)17-12-10-15(2)11-13-17/h10-14,18H,8-9H2,1-7H3. The highest BCUT2D eigenvalue weighted by Gasteiger charge is 2.30. The first-order valence-electron chi connectivity index (χ1n) is 10.2. The van der Waals surface area contributed by atoms with Crippen LogP contribution in [-0.2, 0) is 14.9 Å². The molecule has 2 heterocycles. The first kappa shape index (κ1) is 21.0. The van der Waals surface area contributed by atoms with Gasteiger partial charge in [0.1, 0.15) is 0 Å². The molecule has 0 aliphatic rings. The Morgan fingerprint density at radius 1 is 1.17 bits per heavy atom. The van der Waals surface area contributed by atoms with Gasteiger partial charge in [-0.05, 0) is 20.3 Å². The molecule has 0 spiro atoms. The number of rotatable bonds is 5. The average molecular weight is 394 g/mol. The molecule has 0 aliphatic heterocycles. The molecule has 154 valence electrons. The van der Waals surface area contributed by atoms with Gasteiger partial charge in [0, 0.05) is 28.3 Å². The van der Waals surface area contributed by atoms with Crippen LogP contribution in [0.5, 0.6) is 0 Å². The van der Waals surface area contributed by atoms with Crippen molar-refractivity contribution in [1.82, 2.24) is 14.6 Å². The van der Waals surface area contributed by atoms with E-state index in [1.54, 1.807) is 0 Å². The Balaban J connectivity index is 2.40. The van der Waals surface area contributed by atoms with Crippen molar-refractivity contribution in [1.29, 1.82) is 0 Å². The highest BCUT2D eigenvalue weighted by Crippen LogP contribution is 2.36. The van der Waals surface area contributed by atoms with E-state index in [0.717, 1.165) is 40.3 Å². The van der Waals surface area contributed by atoms with E-state index in [9.17, 15) is 4.79 Å². The number of esters is 1. The molecule has 1 aromatic carbocycles. The van der Waals surface area contributed by atoms with Crippen molar-refractivity contribution in [2.45, 2.75) is 65.7 Å². The van der Waals surface area contributed by atoms with Gasteiger partial charge in [-0.1, -0.05) is 63.9 Å². The van der Waals surface area contributed by atoms with Crippen molar-refractivity contribution in [3.63, 3.8) is 0 Å². The molecule has 1 unspecified atom stereocenters. The van der Waals surface area contributed by atoms with Crippen LogP contribution in [0.25, 0.3) is 16.9 Å². The highest BCUT2D eigenvalue weighted by molar-refractivity contribution is 5.82. The molecule has 0 N–H and O–H groups in total. The van der Waals surface area contributed by atoms with Gasteiger partial charge in [-0.3, -0.25) is 4.79 Å². The van der Waals surface area contributed by atoms with Gasteiger partial charge in [0.15, 0.2) is 5.65 Å². The maximum Gasteiger partial charge on any atom is 0.313 e. The van der Waals surface area contributed by atoms with E-state index in [1.165, 1.54) is 12.7 Å². The number of aromatic nitrogens is 3. The number of carbonyl (C=O) groups excluding carboxylic acids is 1. The minimum absolute atomic E-state index is 0.0997. The summed E-state index contributed by atoms with van der Waals surface area (Å²) in [6.45, 7) is 12.5. The molecule has 0 bridgehead atoms. The van der Waals surface area contributed by atoms with Crippen LogP contribution in [0.2, 0.25) is 0 Å². The molecule has 0 saturated heterocycles. The zero-order valence-corrected chi connectivity index (χ0v) is 18.5. The molecule has 29 heavy (non-hydrogen) atoms. The summed E-state index contributed by atoms with van der Waals surface area (Å²) < 4.78 is 7.06. The number of hydrogen-bond acceptors (Lipinski definition) is 4. The van der Waals surface area contributed by atoms with E-state index in [2.05, 4.69) is 58.9 Å². The van der Waals surface area contributed by atoms with Crippen LogP contribution in [0.15, 0.2) is 30.3 Å². The lowest BCUT2D eigenvalue weighted by Crippen LogP contribution is -2.19. The van der Waals surface area contributed by atoms with Gasteiger partial charge >= 0.3 is 5.97 Å². The van der Waals surface area contributed by atoms with Crippen LogP contribution in [0.1, 0.15) is 69.0 Å². The fraction of sp³-hybridized carbons (Fsp3) is 0.458. The second-order valence-electron chi connectivity index (χ2n) is 8.74. The maximum atomic E-state index is 12.7. The topological polar surface area (TPSA) is 56.5 Å². The summed E-state index contributed by atoms with van der Waals surface area (Å²) in [5, 5.41) is 4.91. The first-order valence-corrected chi connectivity index (χ1v) is 10.2. The number of nitrogens with zero attached hydrogens (tertiary/aromatic N) is 3. The molecule has 0 amide bonds. The van der Waals surface area contributed by atoms with Gasteiger partial charge in [-0.2, -0.15) is 5.10 Å². The van der Waals surface area contributed by atoms with Gasteiger partial charge in [-0.15, -0.1) is 0 Å². The van der Waals surface area contributed by atoms with Gasteiger partial charge in [0.05, 0.1) is 24.4 Å². The number of fused-ring (bicyclic) bond motifs is 1. The van der Waals surface area contributed by atoms with Crippen molar-refractivity contribution < 1.29 is 9.53 Å². The van der Waals surface area contributed by atoms with Crippen LogP contribution < -0.4 is 0 Å². The summed E-state index contributed by atoms with van der Waals surface area (Å²) in [5.74, 6) is -0.604. The Bertz CT molecular complexity index is 1030. The quantitative estimate of drug-likeness (QED) is 0.547. The number of hydrogen-bond donors (Lipinski definition) is 0. The minimum atomic E-state index is -0.375. The molecule has 5 heteroatoms. The Kier molecular flexibility index (Phi) is 5.78. The lowest BCUT2D eigenvalue weighted by atomic mass is 9.89. The molecule has 2 aromatic heterocycles. The van der Waals surface area contributed by atoms with E-state index in [4.69, 9.17) is 14.8 Å². The van der Waals surface area contributed by atoms with Crippen molar-refractivity contribution in [3.05, 3.63) is 52.8 Å². The van der Waals surface area contributed by atoms with E-state index < -0.39 is 0 Å². The summed E-state index contributed by atoms with van der Waals surface area (Å²) in [6.07, 6.45) is 1.57. The molecule has 3 rings (SSSR count). The fourth-order valence-corrected chi connectivity index (χ4v) is 3.72. The van der Waals surface area contributed by atoms with Gasteiger partial charge in [0.2, 0.25) is 0 Å². The fourth-order valence-electron chi connectivity index (χ4n) is 3.72. The maximum absolute atomic E-state index is 12.7. The smallest absolute Gasteiger partial charge is 0.313 e. The molecule has 0 saturated carbocycles. The van der Waals surface area contributed by atoms with E-state index >= 15 is 0 Å². The number of benzene rings is 1. The average Bonchev–Trinajstić information content (AvgIpc) is 3.09. The molecular weight excluding hydrogens is 362 g/mol. The Morgan fingerprint density at radius 3 is 2.38 bits per heavy atom. The van der Waals surface area contributed by atoms with E-state index in [0.29, 0.717) is 6.42 Å². The Morgan fingerprint density at radius 2 is 1.83 bits per heavy atom. The Hall–Kier alpha value is -2.69. The molecule has 5 nitrogen and oxygen atoms in total. The second-order valence-corrected chi connectivity index (χ2v) is 8.74.